The van der Waals surface area contributed by atoms with Gasteiger partial charge in [0.05, 0.1) is 6.10 Å². The first-order chi connectivity index (χ1) is 6.76. The van der Waals surface area contributed by atoms with E-state index in [1.165, 1.54) is 5.57 Å². The summed E-state index contributed by atoms with van der Waals surface area (Å²) in [7, 11) is 0. The fourth-order valence-corrected chi connectivity index (χ4v) is 1.71. The second-order valence-corrected chi connectivity index (χ2v) is 3.99. The molecule has 4 heteroatoms. The van der Waals surface area contributed by atoms with Gasteiger partial charge in [0.2, 0.25) is 0 Å². The lowest BCUT2D eigenvalue weighted by Gasteiger charge is -2.22. The Morgan fingerprint density at radius 2 is 2.50 bits per heavy atom. The molecule has 1 saturated heterocycles. The van der Waals surface area contributed by atoms with Gasteiger partial charge >= 0.3 is 0 Å². The average Bonchev–Trinajstić information content (AvgIpc) is 2.42. The Morgan fingerprint density at radius 3 is 3.14 bits per heavy atom. The Morgan fingerprint density at radius 1 is 1.71 bits per heavy atom. The van der Waals surface area contributed by atoms with Gasteiger partial charge in [-0.05, 0) is 18.9 Å². The van der Waals surface area contributed by atoms with E-state index in [2.05, 4.69) is 4.90 Å². The van der Waals surface area contributed by atoms with Gasteiger partial charge in [-0.15, -0.1) is 0 Å². The van der Waals surface area contributed by atoms with Gasteiger partial charge < -0.3 is 10.5 Å². The van der Waals surface area contributed by atoms with Crippen LogP contribution in [0.5, 0.6) is 0 Å². The topological polar surface area (TPSA) is 38.5 Å². The highest BCUT2D eigenvalue weighted by Gasteiger charge is 2.17. The predicted molar refractivity (Wildman–Crippen MR) is 59.5 cm³/mol. The zero-order valence-electron chi connectivity index (χ0n) is 8.71. The summed E-state index contributed by atoms with van der Waals surface area (Å²) in [5.41, 5.74) is 8.43. The third-order valence-corrected chi connectivity index (χ3v) is 2.73. The number of halogens is 1. The first-order valence-electron chi connectivity index (χ1n) is 5.06. The Hall–Kier alpha value is -0.0900. The van der Waals surface area contributed by atoms with Crippen molar-refractivity contribution in [2.75, 3.05) is 32.8 Å². The van der Waals surface area contributed by atoms with Crippen molar-refractivity contribution in [3.63, 3.8) is 0 Å². The lowest BCUT2D eigenvalue weighted by atomic mass is 10.2. The largest absolute Gasteiger partial charge is 0.376 e. The van der Waals surface area contributed by atoms with E-state index in [1.807, 2.05) is 6.92 Å². The fourth-order valence-electron chi connectivity index (χ4n) is 1.64. The molecule has 1 atom stereocenters. The number of nitrogens with zero attached hydrogens (tertiary/aromatic N) is 1. The van der Waals surface area contributed by atoms with Gasteiger partial charge in [-0.25, -0.2) is 0 Å². The van der Waals surface area contributed by atoms with E-state index in [0.717, 1.165) is 32.7 Å². The van der Waals surface area contributed by atoms with Crippen molar-refractivity contribution in [2.24, 2.45) is 5.73 Å². The summed E-state index contributed by atoms with van der Waals surface area (Å²) in [5.74, 6) is 0. The normalized spacial score (nSPS) is 26.2. The monoisotopic (exact) mass is 218 g/mol. The van der Waals surface area contributed by atoms with Gasteiger partial charge in [0.1, 0.15) is 0 Å². The number of ether oxygens (including phenoxy) is 1. The quantitative estimate of drug-likeness (QED) is 0.773. The molecule has 1 rings (SSSR count). The molecule has 0 aromatic heterocycles. The van der Waals surface area contributed by atoms with Crippen LogP contribution in [0.2, 0.25) is 0 Å². The van der Waals surface area contributed by atoms with Gasteiger partial charge in [0, 0.05) is 38.3 Å². The van der Waals surface area contributed by atoms with Crippen LogP contribution in [0.15, 0.2) is 11.1 Å². The smallest absolute Gasteiger partial charge is 0.0824 e. The number of hydrogen-bond acceptors (Lipinski definition) is 3. The van der Waals surface area contributed by atoms with E-state index in [4.69, 9.17) is 22.1 Å². The second-order valence-electron chi connectivity index (χ2n) is 3.77. The van der Waals surface area contributed by atoms with Crippen molar-refractivity contribution in [3.8, 4) is 0 Å². The zero-order chi connectivity index (χ0) is 10.4. The molecule has 0 saturated carbocycles. The lowest BCUT2D eigenvalue weighted by Crippen LogP contribution is -2.36. The molecule has 0 aliphatic carbocycles. The van der Waals surface area contributed by atoms with Crippen LogP contribution < -0.4 is 5.73 Å². The molecule has 82 valence electrons. The highest BCUT2D eigenvalue weighted by atomic mass is 35.5. The van der Waals surface area contributed by atoms with Gasteiger partial charge in [0.15, 0.2) is 0 Å². The number of rotatable bonds is 3. The first-order valence-corrected chi connectivity index (χ1v) is 5.49. The summed E-state index contributed by atoms with van der Waals surface area (Å²) >= 11 is 5.64. The maximum absolute atomic E-state index is 5.64. The first kappa shape index (κ1) is 12.0. The van der Waals surface area contributed by atoms with Gasteiger partial charge in [0.25, 0.3) is 0 Å². The summed E-state index contributed by atoms with van der Waals surface area (Å²) in [4.78, 5) is 2.35. The molecule has 1 aliphatic heterocycles. The highest BCUT2D eigenvalue weighted by molar-refractivity contribution is 6.25. The fraction of sp³-hybridized carbons (Fsp3) is 0.800. The predicted octanol–water partition coefficient (Wildman–Crippen LogP) is 1.18. The van der Waals surface area contributed by atoms with Gasteiger partial charge in [-0.2, -0.15) is 0 Å². The minimum Gasteiger partial charge on any atom is -0.376 e. The zero-order valence-corrected chi connectivity index (χ0v) is 9.46. The summed E-state index contributed by atoms with van der Waals surface area (Å²) < 4.78 is 5.58. The van der Waals surface area contributed by atoms with Crippen LogP contribution in [0.4, 0.5) is 0 Å². The van der Waals surface area contributed by atoms with Crippen molar-refractivity contribution < 1.29 is 4.74 Å². The van der Waals surface area contributed by atoms with E-state index in [0.29, 0.717) is 6.54 Å². The molecule has 1 aliphatic rings. The van der Waals surface area contributed by atoms with Gasteiger partial charge in [-0.3, -0.25) is 4.90 Å². The molecule has 14 heavy (non-hydrogen) atoms. The van der Waals surface area contributed by atoms with E-state index in [-0.39, 0.29) is 6.10 Å². The minimum absolute atomic E-state index is 0.181. The molecule has 0 spiro atoms. The SMILES string of the molecule is C/C(=C\Cl)CN1CCCOC(CN)C1. The molecule has 0 amide bonds. The molecule has 0 bridgehead atoms. The summed E-state index contributed by atoms with van der Waals surface area (Å²) in [6.45, 7) is 6.36. The summed E-state index contributed by atoms with van der Waals surface area (Å²) in [6.07, 6.45) is 1.26. The van der Waals surface area contributed by atoms with E-state index in [9.17, 15) is 0 Å². The number of nitrogens with two attached hydrogens (primary N) is 1. The van der Waals surface area contributed by atoms with E-state index in [1.54, 1.807) is 5.54 Å². The van der Waals surface area contributed by atoms with Crippen molar-refractivity contribution in [2.45, 2.75) is 19.4 Å². The van der Waals surface area contributed by atoms with Crippen LogP contribution in [0.25, 0.3) is 0 Å². The number of hydrogen-bond donors (Lipinski definition) is 1. The van der Waals surface area contributed by atoms with Crippen LogP contribution in [0.3, 0.4) is 0 Å². The van der Waals surface area contributed by atoms with E-state index < -0.39 is 0 Å². The molecule has 1 unspecified atom stereocenters. The molecule has 0 radical (unpaired) electrons. The maximum Gasteiger partial charge on any atom is 0.0824 e. The third-order valence-electron chi connectivity index (χ3n) is 2.36. The lowest BCUT2D eigenvalue weighted by molar-refractivity contribution is 0.0617. The standard InChI is InChI=1S/C10H19ClN2O/c1-9(5-11)7-13-3-2-4-14-10(6-12)8-13/h5,10H,2-4,6-8,12H2,1H3/b9-5+. The Bertz CT molecular complexity index is 197. The van der Waals surface area contributed by atoms with Crippen molar-refractivity contribution in [3.05, 3.63) is 11.1 Å². The Labute approximate surface area is 90.8 Å². The molecular weight excluding hydrogens is 200 g/mol. The van der Waals surface area contributed by atoms with Crippen molar-refractivity contribution in [1.29, 1.82) is 0 Å². The van der Waals surface area contributed by atoms with Crippen molar-refractivity contribution >= 4 is 11.6 Å². The Balaban J connectivity index is 2.42. The third kappa shape index (κ3) is 3.96. The Kier molecular flexibility index (Phi) is 5.48. The molecule has 1 fully saturated rings. The van der Waals surface area contributed by atoms with Gasteiger partial charge in [-0.1, -0.05) is 11.6 Å². The molecular formula is C10H19ClN2O. The summed E-state index contributed by atoms with van der Waals surface area (Å²) in [6, 6.07) is 0. The second kappa shape index (κ2) is 6.40. The van der Waals surface area contributed by atoms with Crippen LogP contribution in [-0.4, -0.2) is 43.8 Å². The van der Waals surface area contributed by atoms with Crippen LogP contribution in [0.1, 0.15) is 13.3 Å². The average molecular weight is 219 g/mol. The van der Waals surface area contributed by atoms with Crippen LogP contribution in [0, 0.1) is 0 Å². The molecule has 2 N–H and O–H groups in total. The molecule has 1 heterocycles. The highest BCUT2D eigenvalue weighted by Crippen LogP contribution is 2.08. The summed E-state index contributed by atoms with van der Waals surface area (Å²) in [5, 5.41) is 0. The molecule has 3 nitrogen and oxygen atoms in total. The van der Waals surface area contributed by atoms with Crippen LogP contribution in [-0.2, 0) is 4.74 Å². The van der Waals surface area contributed by atoms with Crippen molar-refractivity contribution in [1.82, 2.24) is 4.90 Å². The molecule has 0 aromatic rings. The van der Waals surface area contributed by atoms with E-state index >= 15 is 0 Å². The molecule has 0 aromatic carbocycles. The van der Waals surface area contributed by atoms with Crippen LogP contribution >= 0.6 is 11.6 Å². The maximum atomic E-state index is 5.64. The minimum atomic E-state index is 0.181.